The molecule has 100 valence electrons. The van der Waals surface area contributed by atoms with Crippen LogP contribution in [0.3, 0.4) is 0 Å². The third kappa shape index (κ3) is 4.28. The van der Waals surface area contributed by atoms with E-state index in [1.54, 1.807) is 5.38 Å². The van der Waals surface area contributed by atoms with Crippen molar-refractivity contribution in [2.75, 3.05) is 19.8 Å². The minimum atomic E-state index is -0.915. The Balaban J connectivity index is 2.56. The van der Waals surface area contributed by atoms with Gasteiger partial charge in [0.25, 0.3) is 5.91 Å². The Labute approximate surface area is 107 Å². The van der Waals surface area contributed by atoms with Gasteiger partial charge in [-0.15, -0.1) is 11.3 Å². The van der Waals surface area contributed by atoms with Gasteiger partial charge in [0.2, 0.25) is 0 Å². The van der Waals surface area contributed by atoms with Crippen molar-refractivity contribution in [1.29, 1.82) is 0 Å². The molecule has 6 N–H and O–H groups in total. The number of nitrogens with one attached hydrogen (secondary N) is 1. The number of ether oxygens (including phenoxy) is 1. The minimum Gasteiger partial charge on any atom is -0.448 e. The molecule has 0 fully saturated rings. The molecule has 1 atom stereocenters. The molecule has 9 heteroatoms. The monoisotopic (exact) mass is 274 g/mol. The van der Waals surface area contributed by atoms with Crippen LogP contribution in [0.25, 0.3) is 0 Å². The third-order valence-corrected chi connectivity index (χ3v) is 2.76. The van der Waals surface area contributed by atoms with Crippen LogP contribution in [0.4, 0.5) is 4.79 Å². The molecule has 8 nitrogen and oxygen atoms in total. The van der Waals surface area contributed by atoms with Gasteiger partial charge in [-0.2, -0.15) is 0 Å². The largest absolute Gasteiger partial charge is 0.448 e. The van der Waals surface area contributed by atoms with Gasteiger partial charge in [-0.1, -0.05) is 0 Å². The maximum atomic E-state index is 11.5. The van der Waals surface area contributed by atoms with Crippen molar-refractivity contribution < 1.29 is 19.4 Å². The number of primary amides is 1. The maximum Gasteiger partial charge on any atom is 0.404 e. The Morgan fingerprint density at radius 2 is 2.33 bits per heavy atom. The Morgan fingerprint density at radius 1 is 1.61 bits per heavy atom. The molecular formula is C9H14N4O4S. The van der Waals surface area contributed by atoms with Crippen molar-refractivity contribution in [3.05, 3.63) is 16.1 Å². The van der Waals surface area contributed by atoms with Crippen LogP contribution in [0.1, 0.15) is 21.5 Å². The van der Waals surface area contributed by atoms with Gasteiger partial charge >= 0.3 is 6.09 Å². The number of aromatic nitrogens is 1. The molecule has 0 spiro atoms. The van der Waals surface area contributed by atoms with Crippen LogP contribution >= 0.6 is 11.3 Å². The van der Waals surface area contributed by atoms with Gasteiger partial charge in [-0.3, -0.25) is 4.79 Å². The molecule has 2 amide bonds. The number of hydrogen-bond donors (Lipinski definition) is 4. The standard InChI is InChI=1S/C9H14N4O4S/c10-5(3-17-9(11)16)6-4-18-8(13-6)7(15)12-1-2-14/h4-5,14H,1-3,10H2,(H2,11,16)(H,12,15). The Kier molecular flexibility index (Phi) is 5.49. The quantitative estimate of drug-likeness (QED) is 0.522. The number of carbonyl (C=O) groups is 2. The number of rotatable bonds is 6. The first-order valence-corrected chi connectivity index (χ1v) is 5.95. The van der Waals surface area contributed by atoms with E-state index in [4.69, 9.17) is 16.6 Å². The predicted molar refractivity (Wildman–Crippen MR) is 64.0 cm³/mol. The molecule has 18 heavy (non-hydrogen) atoms. The molecule has 0 radical (unpaired) electrons. The second kappa shape index (κ2) is 6.89. The van der Waals surface area contributed by atoms with Gasteiger partial charge in [0.05, 0.1) is 18.3 Å². The van der Waals surface area contributed by atoms with Crippen LogP contribution in [-0.4, -0.2) is 41.8 Å². The minimum absolute atomic E-state index is 0.100. The molecule has 0 aliphatic rings. The molecule has 0 aliphatic heterocycles. The van der Waals surface area contributed by atoms with E-state index < -0.39 is 12.1 Å². The van der Waals surface area contributed by atoms with Crippen molar-refractivity contribution in [2.24, 2.45) is 11.5 Å². The average molecular weight is 274 g/mol. The lowest BCUT2D eigenvalue weighted by atomic mass is 10.2. The molecule has 1 unspecified atom stereocenters. The number of aliphatic hydroxyl groups excluding tert-OH is 1. The second-order valence-corrected chi connectivity index (χ2v) is 4.15. The average Bonchev–Trinajstić information content (AvgIpc) is 2.82. The van der Waals surface area contributed by atoms with Gasteiger partial charge < -0.3 is 26.6 Å². The molecule has 1 heterocycles. The fraction of sp³-hybridized carbons (Fsp3) is 0.444. The zero-order valence-corrected chi connectivity index (χ0v) is 10.3. The van der Waals surface area contributed by atoms with Crippen molar-refractivity contribution in [3.63, 3.8) is 0 Å². The maximum absolute atomic E-state index is 11.5. The molecule has 0 aromatic carbocycles. The summed E-state index contributed by atoms with van der Waals surface area (Å²) in [5, 5.41) is 12.9. The first kappa shape index (κ1) is 14.4. The van der Waals surface area contributed by atoms with Gasteiger partial charge in [0.15, 0.2) is 5.01 Å². The number of aliphatic hydroxyl groups is 1. The van der Waals surface area contributed by atoms with Crippen LogP contribution < -0.4 is 16.8 Å². The van der Waals surface area contributed by atoms with Gasteiger partial charge in [-0.05, 0) is 0 Å². The lowest BCUT2D eigenvalue weighted by molar-refractivity contribution is 0.0943. The van der Waals surface area contributed by atoms with Crippen LogP contribution in [0, 0.1) is 0 Å². The van der Waals surface area contributed by atoms with E-state index in [-0.39, 0.29) is 30.7 Å². The lowest BCUT2D eigenvalue weighted by Crippen LogP contribution is -2.26. The number of hydrogen-bond acceptors (Lipinski definition) is 7. The van der Waals surface area contributed by atoms with Crippen molar-refractivity contribution in [2.45, 2.75) is 6.04 Å². The summed E-state index contributed by atoms with van der Waals surface area (Å²) >= 11 is 1.11. The summed E-state index contributed by atoms with van der Waals surface area (Å²) in [6.45, 7) is -0.0860. The summed E-state index contributed by atoms with van der Waals surface area (Å²) in [7, 11) is 0. The van der Waals surface area contributed by atoms with Gasteiger partial charge in [-0.25, -0.2) is 9.78 Å². The topological polar surface area (TPSA) is 141 Å². The SMILES string of the molecule is NC(=O)OCC(N)c1csc(C(=O)NCCO)n1. The van der Waals surface area contributed by atoms with Crippen LogP contribution in [-0.2, 0) is 4.74 Å². The number of nitrogens with zero attached hydrogens (tertiary/aromatic N) is 1. The van der Waals surface area contributed by atoms with E-state index in [0.717, 1.165) is 11.3 Å². The van der Waals surface area contributed by atoms with E-state index >= 15 is 0 Å². The molecule has 1 rings (SSSR count). The van der Waals surface area contributed by atoms with Crippen LogP contribution in [0.2, 0.25) is 0 Å². The zero-order chi connectivity index (χ0) is 13.5. The highest BCUT2D eigenvalue weighted by Gasteiger charge is 2.15. The van der Waals surface area contributed by atoms with Crippen LogP contribution in [0.15, 0.2) is 5.38 Å². The van der Waals surface area contributed by atoms with Crippen molar-refractivity contribution in [3.8, 4) is 0 Å². The molecule has 0 bridgehead atoms. The number of nitrogens with two attached hydrogens (primary N) is 2. The van der Waals surface area contributed by atoms with Gasteiger partial charge in [0, 0.05) is 11.9 Å². The Hall–Kier alpha value is -1.71. The predicted octanol–water partition coefficient (Wildman–Crippen LogP) is -1.04. The molecule has 0 saturated carbocycles. The van der Waals surface area contributed by atoms with Gasteiger partial charge in [0.1, 0.15) is 6.61 Å². The van der Waals surface area contributed by atoms with Crippen molar-refractivity contribution >= 4 is 23.3 Å². The summed E-state index contributed by atoms with van der Waals surface area (Å²) in [5.74, 6) is -0.386. The Morgan fingerprint density at radius 3 is 2.94 bits per heavy atom. The van der Waals surface area contributed by atoms with E-state index in [2.05, 4.69) is 15.0 Å². The van der Waals surface area contributed by atoms with E-state index in [1.165, 1.54) is 0 Å². The van der Waals surface area contributed by atoms with E-state index in [1.807, 2.05) is 0 Å². The van der Waals surface area contributed by atoms with E-state index in [9.17, 15) is 9.59 Å². The fourth-order valence-electron chi connectivity index (χ4n) is 1.06. The molecular weight excluding hydrogens is 260 g/mol. The van der Waals surface area contributed by atoms with Crippen LogP contribution in [0.5, 0.6) is 0 Å². The summed E-state index contributed by atoms with van der Waals surface area (Å²) < 4.78 is 4.54. The number of amides is 2. The normalized spacial score (nSPS) is 11.9. The first-order valence-electron chi connectivity index (χ1n) is 5.07. The lowest BCUT2D eigenvalue weighted by Gasteiger charge is -2.07. The zero-order valence-electron chi connectivity index (χ0n) is 9.46. The number of carbonyl (C=O) groups excluding carboxylic acids is 2. The molecule has 1 aromatic heterocycles. The summed E-state index contributed by atoms with van der Waals surface area (Å²) in [4.78, 5) is 25.9. The number of thiazole rings is 1. The fourth-order valence-corrected chi connectivity index (χ4v) is 1.86. The third-order valence-electron chi connectivity index (χ3n) is 1.90. The highest BCUT2D eigenvalue weighted by atomic mass is 32.1. The second-order valence-electron chi connectivity index (χ2n) is 3.29. The molecule has 0 saturated heterocycles. The summed E-state index contributed by atoms with van der Waals surface area (Å²) in [6, 6.07) is -0.631. The smallest absolute Gasteiger partial charge is 0.404 e. The highest BCUT2D eigenvalue weighted by molar-refractivity contribution is 7.11. The molecule has 1 aromatic rings. The Bertz CT molecular complexity index is 422. The summed E-state index contributed by atoms with van der Waals surface area (Å²) in [6.07, 6.45) is -0.915. The summed E-state index contributed by atoms with van der Waals surface area (Å²) in [5.41, 5.74) is 10.9. The van der Waals surface area contributed by atoms with E-state index in [0.29, 0.717) is 5.69 Å². The van der Waals surface area contributed by atoms with Crippen molar-refractivity contribution in [1.82, 2.24) is 10.3 Å². The highest BCUT2D eigenvalue weighted by Crippen LogP contribution is 2.15. The molecule has 0 aliphatic carbocycles. The first-order chi connectivity index (χ1) is 8.54.